The van der Waals surface area contributed by atoms with Crippen molar-refractivity contribution in [3.63, 3.8) is 0 Å². The molecule has 0 atom stereocenters. The Kier molecular flexibility index (Phi) is 5.83. The fourth-order valence-electron chi connectivity index (χ4n) is 1.68. The zero-order valence-electron chi connectivity index (χ0n) is 9.87. The first kappa shape index (κ1) is 12.6. The highest BCUT2D eigenvalue weighted by molar-refractivity contribution is 5.76. The third-order valence-electron chi connectivity index (χ3n) is 2.66. The lowest BCUT2D eigenvalue weighted by molar-refractivity contribution is -0.121. The van der Waals surface area contributed by atoms with Gasteiger partial charge in [-0.2, -0.15) is 0 Å². The Balaban J connectivity index is 1.94. The predicted octanol–water partition coefficient (Wildman–Crippen LogP) is 0.230. The van der Waals surface area contributed by atoms with E-state index in [1.54, 1.807) is 6.92 Å². The minimum atomic E-state index is 0.106. The van der Waals surface area contributed by atoms with Gasteiger partial charge in [-0.25, -0.2) is 0 Å². The molecule has 0 aromatic carbocycles. The predicted molar refractivity (Wildman–Crippen MR) is 60.1 cm³/mol. The van der Waals surface area contributed by atoms with Gasteiger partial charge in [0.2, 0.25) is 0 Å². The van der Waals surface area contributed by atoms with Crippen molar-refractivity contribution in [1.29, 1.82) is 0 Å². The molecule has 1 aliphatic rings. The number of piperazine rings is 1. The van der Waals surface area contributed by atoms with Gasteiger partial charge in [0.15, 0.2) is 5.78 Å². The molecule has 1 saturated heterocycles. The summed E-state index contributed by atoms with van der Waals surface area (Å²) in [4.78, 5) is 15.4. The van der Waals surface area contributed by atoms with E-state index < -0.39 is 0 Å². The number of hydrogen-bond donors (Lipinski definition) is 0. The number of rotatable bonds is 6. The highest BCUT2D eigenvalue weighted by Crippen LogP contribution is 1.99. The van der Waals surface area contributed by atoms with E-state index in [4.69, 9.17) is 4.74 Å². The minimum Gasteiger partial charge on any atom is -0.374 e. The molecule has 0 unspecified atom stereocenters. The molecule has 0 saturated carbocycles. The van der Waals surface area contributed by atoms with Crippen LogP contribution >= 0.6 is 0 Å². The number of hydrogen-bond acceptors (Lipinski definition) is 4. The van der Waals surface area contributed by atoms with E-state index in [2.05, 4.69) is 16.8 Å². The second kappa shape index (κ2) is 6.93. The number of ether oxygens (including phenoxy) is 1. The average molecular weight is 214 g/mol. The zero-order chi connectivity index (χ0) is 11.1. The SMILES string of the molecule is CC(=O)COCCCN1CCN(C)CC1. The molecule has 4 nitrogen and oxygen atoms in total. The first-order chi connectivity index (χ1) is 7.18. The van der Waals surface area contributed by atoms with Gasteiger partial charge in [0.05, 0.1) is 0 Å². The van der Waals surface area contributed by atoms with Crippen molar-refractivity contribution < 1.29 is 9.53 Å². The number of likely N-dealkylation sites (N-methyl/N-ethyl adjacent to an activating group) is 1. The number of carbonyl (C=O) groups is 1. The summed E-state index contributed by atoms with van der Waals surface area (Å²) in [5.41, 5.74) is 0. The van der Waals surface area contributed by atoms with E-state index in [1.807, 2.05) is 0 Å². The first-order valence-electron chi connectivity index (χ1n) is 5.66. The van der Waals surface area contributed by atoms with Gasteiger partial charge in [0, 0.05) is 39.3 Å². The Bertz CT molecular complexity index is 189. The Hall–Kier alpha value is -0.450. The quantitative estimate of drug-likeness (QED) is 0.593. The molecule has 88 valence electrons. The van der Waals surface area contributed by atoms with Crippen molar-refractivity contribution in [3.8, 4) is 0 Å². The molecule has 1 heterocycles. The van der Waals surface area contributed by atoms with E-state index in [0.717, 1.165) is 39.1 Å². The summed E-state index contributed by atoms with van der Waals surface area (Å²) >= 11 is 0. The van der Waals surface area contributed by atoms with Crippen LogP contribution in [-0.4, -0.2) is 68.6 Å². The molecule has 0 aromatic heterocycles. The second-order valence-corrected chi connectivity index (χ2v) is 4.25. The van der Waals surface area contributed by atoms with Crippen LogP contribution in [0, 0.1) is 0 Å². The molecule has 0 N–H and O–H groups in total. The van der Waals surface area contributed by atoms with Crippen LogP contribution in [0.3, 0.4) is 0 Å². The Morgan fingerprint density at radius 2 is 1.93 bits per heavy atom. The molecule has 1 aliphatic heterocycles. The number of nitrogens with zero attached hydrogens (tertiary/aromatic N) is 2. The summed E-state index contributed by atoms with van der Waals surface area (Å²) in [5.74, 6) is 0.106. The Morgan fingerprint density at radius 3 is 2.53 bits per heavy atom. The van der Waals surface area contributed by atoms with Crippen molar-refractivity contribution in [3.05, 3.63) is 0 Å². The van der Waals surface area contributed by atoms with Crippen molar-refractivity contribution in [2.24, 2.45) is 0 Å². The van der Waals surface area contributed by atoms with Crippen molar-refractivity contribution in [1.82, 2.24) is 9.80 Å². The van der Waals surface area contributed by atoms with Crippen LogP contribution in [0.4, 0.5) is 0 Å². The lowest BCUT2D eigenvalue weighted by Crippen LogP contribution is -2.44. The molecule has 0 bridgehead atoms. The van der Waals surface area contributed by atoms with Gasteiger partial charge in [-0.05, 0) is 20.4 Å². The summed E-state index contributed by atoms with van der Waals surface area (Å²) in [5, 5.41) is 0. The Labute approximate surface area is 92.2 Å². The molecule has 0 spiro atoms. The van der Waals surface area contributed by atoms with Gasteiger partial charge in [0.1, 0.15) is 6.61 Å². The van der Waals surface area contributed by atoms with Crippen LogP contribution in [0.5, 0.6) is 0 Å². The maximum absolute atomic E-state index is 10.6. The van der Waals surface area contributed by atoms with Crippen molar-refractivity contribution >= 4 is 5.78 Å². The number of Topliss-reactive ketones (excluding diaryl/α,β-unsaturated/α-hetero) is 1. The topological polar surface area (TPSA) is 32.8 Å². The van der Waals surface area contributed by atoms with Crippen molar-refractivity contribution in [2.45, 2.75) is 13.3 Å². The smallest absolute Gasteiger partial charge is 0.155 e. The second-order valence-electron chi connectivity index (χ2n) is 4.25. The summed E-state index contributed by atoms with van der Waals surface area (Å²) in [6.45, 7) is 8.25. The molecule has 0 radical (unpaired) electrons. The summed E-state index contributed by atoms with van der Waals surface area (Å²) in [6, 6.07) is 0. The molecular formula is C11H22N2O2. The highest BCUT2D eigenvalue weighted by Gasteiger charge is 2.12. The van der Waals surface area contributed by atoms with E-state index in [9.17, 15) is 4.79 Å². The maximum Gasteiger partial charge on any atom is 0.155 e. The van der Waals surface area contributed by atoms with E-state index in [0.29, 0.717) is 6.61 Å². The first-order valence-corrected chi connectivity index (χ1v) is 5.66. The lowest BCUT2D eigenvalue weighted by Gasteiger charge is -2.32. The van der Waals surface area contributed by atoms with Crippen LogP contribution in [-0.2, 0) is 9.53 Å². The normalized spacial score (nSPS) is 19.3. The van der Waals surface area contributed by atoms with E-state index in [-0.39, 0.29) is 12.4 Å². The molecule has 1 fully saturated rings. The van der Waals surface area contributed by atoms with Gasteiger partial charge in [-0.3, -0.25) is 4.79 Å². The van der Waals surface area contributed by atoms with Crippen LogP contribution in [0.15, 0.2) is 0 Å². The van der Waals surface area contributed by atoms with Gasteiger partial charge in [0.25, 0.3) is 0 Å². The summed E-state index contributed by atoms with van der Waals surface area (Å²) in [7, 11) is 2.16. The molecule has 0 amide bonds. The van der Waals surface area contributed by atoms with Crippen LogP contribution < -0.4 is 0 Å². The van der Waals surface area contributed by atoms with E-state index in [1.165, 1.54) is 0 Å². The van der Waals surface area contributed by atoms with E-state index >= 15 is 0 Å². The molecule has 15 heavy (non-hydrogen) atoms. The molecule has 0 aliphatic carbocycles. The zero-order valence-corrected chi connectivity index (χ0v) is 9.87. The largest absolute Gasteiger partial charge is 0.374 e. The monoisotopic (exact) mass is 214 g/mol. The summed E-state index contributed by atoms with van der Waals surface area (Å²) in [6.07, 6.45) is 1.02. The minimum absolute atomic E-state index is 0.106. The van der Waals surface area contributed by atoms with Gasteiger partial charge in [-0.15, -0.1) is 0 Å². The standard InChI is InChI=1S/C11H22N2O2/c1-11(14)10-15-9-3-4-13-7-5-12(2)6-8-13/h3-10H2,1-2H3. The molecule has 1 rings (SSSR count). The number of ketones is 1. The van der Waals surface area contributed by atoms with Gasteiger partial charge < -0.3 is 14.5 Å². The lowest BCUT2D eigenvalue weighted by atomic mass is 10.3. The van der Waals surface area contributed by atoms with Gasteiger partial charge in [-0.1, -0.05) is 0 Å². The fourth-order valence-corrected chi connectivity index (χ4v) is 1.68. The molecule has 4 heteroatoms. The summed E-state index contributed by atoms with van der Waals surface area (Å²) < 4.78 is 5.22. The van der Waals surface area contributed by atoms with Crippen molar-refractivity contribution in [2.75, 3.05) is 53.0 Å². The average Bonchev–Trinajstić information content (AvgIpc) is 2.20. The van der Waals surface area contributed by atoms with Gasteiger partial charge >= 0.3 is 0 Å². The van der Waals surface area contributed by atoms with Crippen LogP contribution in [0.1, 0.15) is 13.3 Å². The third-order valence-corrected chi connectivity index (χ3v) is 2.66. The maximum atomic E-state index is 10.6. The van der Waals surface area contributed by atoms with Crippen LogP contribution in [0.2, 0.25) is 0 Å². The molecular weight excluding hydrogens is 192 g/mol. The number of carbonyl (C=O) groups excluding carboxylic acids is 1. The molecule has 0 aromatic rings. The highest BCUT2D eigenvalue weighted by atomic mass is 16.5. The van der Waals surface area contributed by atoms with Crippen LogP contribution in [0.25, 0.3) is 0 Å². The fraction of sp³-hybridized carbons (Fsp3) is 0.909. The third kappa shape index (κ3) is 5.87. The Morgan fingerprint density at radius 1 is 1.27 bits per heavy atom.